The van der Waals surface area contributed by atoms with Crippen molar-refractivity contribution < 1.29 is 17.6 Å². The van der Waals surface area contributed by atoms with Gasteiger partial charge in [-0.3, -0.25) is 0 Å². The Bertz CT molecular complexity index is 1160. The van der Waals surface area contributed by atoms with E-state index in [2.05, 4.69) is 10.3 Å². The summed E-state index contributed by atoms with van der Waals surface area (Å²) in [5.41, 5.74) is 0.171. The molecule has 4 aromatic rings. The second-order valence-corrected chi connectivity index (χ2v) is 7.16. The van der Waals surface area contributed by atoms with Crippen molar-refractivity contribution in [3.05, 3.63) is 78.0 Å². The fourth-order valence-corrected chi connectivity index (χ4v) is 3.41. The van der Waals surface area contributed by atoms with Crippen LogP contribution in [-0.4, -0.2) is 11.0 Å². The average Bonchev–Trinajstić information content (AvgIpc) is 3.16. The molecule has 0 atom stereocenters. The fourth-order valence-electron chi connectivity index (χ4n) is 3.41. The van der Waals surface area contributed by atoms with E-state index in [9.17, 15) is 17.6 Å². The average molecular weight is 398 g/mol. The molecule has 4 rings (SSSR count). The van der Waals surface area contributed by atoms with Gasteiger partial charge in [0, 0.05) is 23.4 Å². The summed E-state index contributed by atoms with van der Waals surface area (Å²) in [6.45, 7) is 3.89. The second kappa shape index (κ2) is 7.28. The summed E-state index contributed by atoms with van der Waals surface area (Å²) in [6, 6.07) is 12.5. The SMILES string of the molecule is CC(C)Nc1ccc(-c2c(F)c(F)c(-c3ccc4[nH]ccc4c3)c(F)c2F)cc1. The zero-order valence-electron chi connectivity index (χ0n) is 15.8. The Morgan fingerprint density at radius 2 is 1.28 bits per heavy atom. The van der Waals surface area contributed by atoms with E-state index in [0.29, 0.717) is 5.39 Å². The summed E-state index contributed by atoms with van der Waals surface area (Å²) in [4.78, 5) is 2.96. The Hall–Kier alpha value is -3.28. The Morgan fingerprint density at radius 1 is 0.724 bits per heavy atom. The molecule has 0 aliphatic carbocycles. The second-order valence-electron chi connectivity index (χ2n) is 7.16. The molecular formula is C23H18F4N2. The standard InChI is InChI=1S/C23H18F4N2/c1-12(2)29-16-6-3-13(4-7-16)18-20(24)22(26)19(23(27)21(18)25)15-5-8-17-14(11-15)9-10-28-17/h3-12,28-29H,1-2H3. The molecule has 1 aromatic heterocycles. The molecular weight excluding hydrogens is 380 g/mol. The first-order valence-corrected chi connectivity index (χ1v) is 9.17. The molecule has 0 spiro atoms. The summed E-state index contributed by atoms with van der Waals surface area (Å²) >= 11 is 0. The Morgan fingerprint density at radius 3 is 1.86 bits per heavy atom. The minimum Gasteiger partial charge on any atom is -0.383 e. The molecule has 6 heteroatoms. The van der Waals surface area contributed by atoms with E-state index in [1.165, 1.54) is 24.3 Å². The van der Waals surface area contributed by atoms with Gasteiger partial charge < -0.3 is 10.3 Å². The summed E-state index contributed by atoms with van der Waals surface area (Å²) in [5, 5.41) is 3.82. The highest BCUT2D eigenvalue weighted by Gasteiger charge is 2.27. The molecule has 0 unspecified atom stereocenters. The van der Waals surface area contributed by atoms with Gasteiger partial charge in [-0.1, -0.05) is 18.2 Å². The van der Waals surface area contributed by atoms with Crippen LogP contribution in [-0.2, 0) is 0 Å². The number of aromatic nitrogens is 1. The quantitative estimate of drug-likeness (QED) is 0.285. The summed E-state index contributed by atoms with van der Waals surface area (Å²) < 4.78 is 59.4. The minimum absolute atomic E-state index is 0.0553. The molecule has 0 aliphatic heterocycles. The number of rotatable bonds is 4. The van der Waals surface area contributed by atoms with Crippen LogP contribution >= 0.6 is 0 Å². The van der Waals surface area contributed by atoms with Crippen LogP contribution in [0.2, 0.25) is 0 Å². The topological polar surface area (TPSA) is 27.8 Å². The van der Waals surface area contributed by atoms with Crippen LogP contribution < -0.4 is 5.32 Å². The first-order valence-electron chi connectivity index (χ1n) is 9.17. The van der Waals surface area contributed by atoms with Gasteiger partial charge in [0.2, 0.25) is 0 Å². The van der Waals surface area contributed by atoms with Crippen LogP contribution in [0.5, 0.6) is 0 Å². The summed E-state index contributed by atoms with van der Waals surface area (Å²) in [5.74, 6) is -5.67. The molecule has 0 fully saturated rings. The van der Waals surface area contributed by atoms with E-state index in [1.54, 1.807) is 30.5 Å². The van der Waals surface area contributed by atoms with Gasteiger partial charge in [0.05, 0.1) is 11.1 Å². The van der Waals surface area contributed by atoms with Gasteiger partial charge in [-0.25, -0.2) is 17.6 Å². The van der Waals surface area contributed by atoms with Crippen molar-refractivity contribution in [2.75, 3.05) is 5.32 Å². The number of aromatic amines is 1. The highest BCUT2D eigenvalue weighted by molar-refractivity contribution is 5.86. The number of anilines is 1. The molecule has 1 heterocycles. The number of benzene rings is 3. The first kappa shape index (κ1) is 19.1. The van der Waals surface area contributed by atoms with Crippen LogP contribution in [0.4, 0.5) is 23.2 Å². The molecule has 0 radical (unpaired) electrons. The van der Waals surface area contributed by atoms with Crippen molar-refractivity contribution in [2.45, 2.75) is 19.9 Å². The van der Waals surface area contributed by atoms with E-state index in [0.717, 1.165) is 11.2 Å². The highest BCUT2D eigenvalue weighted by atomic mass is 19.2. The molecule has 148 valence electrons. The van der Waals surface area contributed by atoms with Gasteiger partial charge in [0.15, 0.2) is 23.3 Å². The maximum Gasteiger partial charge on any atom is 0.170 e. The fraction of sp³-hybridized carbons (Fsp3) is 0.130. The molecule has 0 bridgehead atoms. The van der Waals surface area contributed by atoms with Gasteiger partial charge in [0.1, 0.15) is 0 Å². The predicted molar refractivity (Wildman–Crippen MR) is 108 cm³/mol. The van der Waals surface area contributed by atoms with Gasteiger partial charge in [-0.15, -0.1) is 0 Å². The third kappa shape index (κ3) is 3.35. The lowest BCUT2D eigenvalue weighted by Crippen LogP contribution is -2.09. The molecule has 2 nitrogen and oxygen atoms in total. The normalized spacial score (nSPS) is 11.4. The zero-order valence-corrected chi connectivity index (χ0v) is 15.8. The molecule has 29 heavy (non-hydrogen) atoms. The van der Waals surface area contributed by atoms with E-state index in [1.807, 2.05) is 13.8 Å². The Balaban J connectivity index is 1.84. The summed E-state index contributed by atoms with van der Waals surface area (Å²) in [6.07, 6.45) is 1.67. The lowest BCUT2D eigenvalue weighted by Gasteiger charge is -2.14. The van der Waals surface area contributed by atoms with Crippen molar-refractivity contribution >= 4 is 16.6 Å². The minimum atomic E-state index is -1.42. The van der Waals surface area contributed by atoms with E-state index in [-0.39, 0.29) is 17.2 Å². The number of H-pyrrole nitrogens is 1. The third-order valence-electron chi connectivity index (χ3n) is 4.73. The van der Waals surface area contributed by atoms with Crippen molar-refractivity contribution in [3.63, 3.8) is 0 Å². The molecule has 2 N–H and O–H groups in total. The number of halogens is 4. The Kier molecular flexibility index (Phi) is 4.78. The molecule has 3 aromatic carbocycles. The highest BCUT2D eigenvalue weighted by Crippen LogP contribution is 2.37. The third-order valence-corrected chi connectivity index (χ3v) is 4.73. The molecule has 0 aliphatic rings. The van der Waals surface area contributed by atoms with E-state index in [4.69, 9.17) is 0 Å². The maximum atomic E-state index is 14.8. The lowest BCUT2D eigenvalue weighted by molar-refractivity contribution is 0.463. The lowest BCUT2D eigenvalue weighted by atomic mass is 9.96. The van der Waals surface area contributed by atoms with Crippen molar-refractivity contribution in [1.29, 1.82) is 0 Å². The van der Waals surface area contributed by atoms with Crippen LogP contribution in [0, 0.1) is 23.3 Å². The number of hydrogen-bond donors (Lipinski definition) is 2. The zero-order chi connectivity index (χ0) is 20.7. The van der Waals surface area contributed by atoms with E-state index >= 15 is 0 Å². The predicted octanol–water partition coefficient (Wildman–Crippen LogP) is 6.88. The molecule has 0 amide bonds. The maximum absolute atomic E-state index is 14.8. The van der Waals surface area contributed by atoms with Gasteiger partial charge in [0.25, 0.3) is 0 Å². The van der Waals surface area contributed by atoms with Crippen molar-refractivity contribution in [1.82, 2.24) is 4.98 Å². The van der Waals surface area contributed by atoms with Crippen LogP contribution in [0.3, 0.4) is 0 Å². The van der Waals surface area contributed by atoms with Crippen molar-refractivity contribution in [2.24, 2.45) is 0 Å². The van der Waals surface area contributed by atoms with Gasteiger partial charge >= 0.3 is 0 Å². The molecule has 0 saturated heterocycles. The Labute approximate surface area is 165 Å². The van der Waals surface area contributed by atoms with Crippen LogP contribution in [0.1, 0.15) is 13.8 Å². The van der Waals surface area contributed by atoms with E-state index < -0.39 is 34.4 Å². The largest absolute Gasteiger partial charge is 0.383 e. The number of fused-ring (bicyclic) bond motifs is 1. The molecule has 0 saturated carbocycles. The van der Waals surface area contributed by atoms with Gasteiger partial charge in [-0.05, 0) is 60.7 Å². The van der Waals surface area contributed by atoms with Crippen LogP contribution in [0.25, 0.3) is 33.2 Å². The van der Waals surface area contributed by atoms with Crippen LogP contribution in [0.15, 0.2) is 54.7 Å². The van der Waals surface area contributed by atoms with Crippen molar-refractivity contribution in [3.8, 4) is 22.3 Å². The number of hydrogen-bond acceptors (Lipinski definition) is 1. The summed E-state index contributed by atoms with van der Waals surface area (Å²) in [7, 11) is 0. The smallest absolute Gasteiger partial charge is 0.170 e. The monoisotopic (exact) mass is 398 g/mol. The van der Waals surface area contributed by atoms with Gasteiger partial charge in [-0.2, -0.15) is 0 Å². The number of nitrogens with one attached hydrogen (secondary N) is 2. The first-order chi connectivity index (χ1) is 13.9.